The van der Waals surface area contributed by atoms with E-state index < -0.39 is 0 Å². The molecule has 74 valence electrons. The molecule has 0 aliphatic rings. The van der Waals surface area contributed by atoms with E-state index >= 15 is 0 Å². The lowest BCUT2D eigenvalue weighted by Crippen LogP contribution is -1.87. The quantitative estimate of drug-likeness (QED) is 0.629. The number of rotatable bonds is 3. The van der Waals surface area contributed by atoms with Crippen LogP contribution in [0.15, 0.2) is 26.8 Å². The number of pyridine rings is 1. The van der Waals surface area contributed by atoms with Crippen LogP contribution in [-0.2, 0) is 4.79 Å². The molecule has 0 unspecified atom stereocenters. The van der Waals surface area contributed by atoms with Gasteiger partial charge in [0.15, 0.2) is 0 Å². The first-order valence-corrected chi connectivity index (χ1v) is 5.72. The van der Waals surface area contributed by atoms with Crippen LogP contribution in [0.3, 0.4) is 0 Å². The predicted octanol–water partition coefficient (Wildman–Crippen LogP) is 3.60. The average molecular weight is 319 g/mol. The summed E-state index contributed by atoms with van der Waals surface area (Å²) in [6, 6.07) is 1.90. The molecule has 0 atom stereocenters. The molecule has 0 radical (unpaired) electrons. The summed E-state index contributed by atoms with van der Waals surface area (Å²) in [5.41, 5.74) is 1.51. The van der Waals surface area contributed by atoms with Crippen LogP contribution >= 0.6 is 31.9 Å². The van der Waals surface area contributed by atoms with E-state index in [0.717, 1.165) is 26.5 Å². The molecule has 0 amide bonds. The number of aromatic nitrogens is 1. The van der Waals surface area contributed by atoms with Crippen LogP contribution in [0.1, 0.15) is 19.0 Å². The van der Waals surface area contributed by atoms with Gasteiger partial charge in [0.25, 0.3) is 0 Å². The van der Waals surface area contributed by atoms with Crippen molar-refractivity contribution < 1.29 is 4.79 Å². The van der Waals surface area contributed by atoms with E-state index in [2.05, 4.69) is 36.8 Å². The number of aldehydes is 1. The summed E-state index contributed by atoms with van der Waals surface area (Å²) in [6.07, 6.45) is 5.06. The van der Waals surface area contributed by atoms with E-state index in [4.69, 9.17) is 0 Å². The molecule has 0 N–H and O–H groups in total. The average Bonchev–Trinajstić information content (AvgIpc) is 2.17. The molecule has 1 rings (SSSR count). The van der Waals surface area contributed by atoms with Gasteiger partial charge in [0.05, 0.1) is 5.69 Å². The molecule has 1 aromatic rings. The highest BCUT2D eigenvalue weighted by atomic mass is 79.9. The number of carbonyl (C=O) groups excluding carboxylic acids is 1. The van der Waals surface area contributed by atoms with Gasteiger partial charge < -0.3 is 0 Å². The Labute approximate surface area is 99.7 Å². The van der Waals surface area contributed by atoms with Crippen molar-refractivity contribution in [3.63, 3.8) is 0 Å². The van der Waals surface area contributed by atoms with E-state index in [9.17, 15) is 4.79 Å². The molecular weight excluding hydrogens is 310 g/mol. The van der Waals surface area contributed by atoms with Crippen molar-refractivity contribution >= 4 is 44.2 Å². The molecule has 0 saturated carbocycles. The van der Waals surface area contributed by atoms with Gasteiger partial charge in [-0.2, -0.15) is 0 Å². The molecule has 0 bridgehead atoms. The highest BCUT2D eigenvalue weighted by molar-refractivity contribution is 9.11. The van der Waals surface area contributed by atoms with Gasteiger partial charge in [-0.1, -0.05) is 6.92 Å². The third kappa shape index (κ3) is 3.03. The van der Waals surface area contributed by atoms with Crippen molar-refractivity contribution in [1.82, 2.24) is 4.98 Å². The Morgan fingerprint density at radius 2 is 2.29 bits per heavy atom. The second kappa shape index (κ2) is 5.41. The molecule has 0 spiro atoms. The normalized spacial score (nSPS) is 11.5. The number of allylic oxidation sites excluding steroid dienone is 1. The van der Waals surface area contributed by atoms with Crippen molar-refractivity contribution in [2.75, 3.05) is 0 Å². The highest BCUT2D eigenvalue weighted by Gasteiger charge is 2.00. The third-order valence-electron chi connectivity index (χ3n) is 1.72. The first-order chi connectivity index (χ1) is 6.67. The Balaban J connectivity index is 3.08. The maximum Gasteiger partial charge on any atom is 0.146 e. The van der Waals surface area contributed by atoms with Gasteiger partial charge in [-0.15, -0.1) is 0 Å². The molecule has 0 aromatic carbocycles. The summed E-state index contributed by atoms with van der Waals surface area (Å²) < 4.78 is 1.78. The van der Waals surface area contributed by atoms with Crippen LogP contribution < -0.4 is 0 Å². The molecule has 4 heteroatoms. The van der Waals surface area contributed by atoms with E-state index in [1.165, 1.54) is 0 Å². The summed E-state index contributed by atoms with van der Waals surface area (Å²) in [5.74, 6) is 0. The van der Waals surface area contributed by atoms with Gasteiger partial charge in [-0.05, 0) is 56.0 Å². The molecule has 14 heavy (non-hydrogen) atoms. The molecule has 0 aliphatic carbocycles. The van der Waals surface area contributed by atoms with Gasteiger partial charge in [-0.3, -0.25) is 9.78 Å². The zero-order chi connectivity index (χ0) is 10.6. The van der Waals surface area contributed by atoms with Gasteiger partial charge in [0.2, 0.25) is 0 Å². The number of carbonyl (C=O) groups is 1. The minimum absolute atomic E-state index is 0.716. The van der Waals surface area contributed by atoms with Crippen molar-refractivity contribution in [2.24, 2.45) is 0 Å². The lowest BCUT2D eigenvalue weighted by Gasteiger charge is -1.99. The Hall–Kier alpha value is -0.480. The lowest BCUT2D eigenvalue weighted by atomic mass is 10.2. The van der Waals surface area contributed by atoms with E-state index in [-0.39, 0.29) is 0 Å². The lowest BCUT2D eigenvalue weighted by molar-refractivity contribution is -0.104. The van der Waals surface area contributed by atoms with Gasteiger partial charge in [-0.25, -0.2) is 0 Å². The number of halogens is 2. The van der Waals surface area contributed by atoms with E-state index in [0.29, 0.717) is 6.42 Å². The minimum atomic E-state index is 0.716. The predicted molar refractivity (Wildman–Crippen MR) is 64.0 cm³/mol. The minimum Gasteiger partial charge on any atom is -0.298 e. The fourth-order valence-electron chi connectivity index (χ4n) is 0.926. The molecule has 0 saturated heterocycles. The molecule has 1 aromatic heterocycles. The topological polar surface area (TPSA) is 30.0 Å². The second-order valence-electron chi connectivity index (χ2n) is 2.71. The maximum absolute atomic E-state index is 10.6. The molecule has 1 heterocycles. The van der Waals surface area contributed by atoms with Crippen molar-refractivity contribution in [2.45, 2.75) is 13.3 Å². The number of nitrogens with zero attached hydrogens (tertiary/aromatic N) is 1. The molecule has 0 aliphatic heterocycles. The Morgan fingerprint density at radius 1 is 1.57 bits per heavy atom. The van der Waals surface area contributed by atoms with Crippen LogP contribution in [-0.4, -0.2) is 11.3 Å². The second-order valence-corrected chi connectivity index (χ2v) is 4.48. The van der Waals surface area contributed by atoms with Gasteiger partial charge in [0, 0.05) is 15.1 Å². The van der Waals surface area contributed by atoms with Crippen LogP contribution in [0.5, 0.6) is 0 Å². The Bertz CT molecular complexity index is 374. The van der Waals surface area contributed by atoms with Crippen molar-refractivity contribution in [3.8, 4) is 0 Å². The Kier molecular flexibility index (Phi) is 4.48. The molecule has 0 fully saturated rings. The van der Waals surface area contributed by atoms with Crippen LogP contribution in [0.2, 0.25) is 0 Å². The summed E-state index contributed by atoms with van der Waals surface area (Å²) in [4.78, 5) is 14.8. The third-order valence-corrected chi connectivity index (χ3v) is 2.79. The standard InChI is InChI=1S/C10H9Br2NO/c1-2-7(6-14)3-10-9(12)4-8(11)5-13-10/h3-6H,2H2,1H3. The number of hydrogen-bond donors (Lipinski definition) is 0. The zero-order valence-electron chi connectivity index (χ0n) is 7.63. The van der Waals surface area contributed by atoms with E-state index in [1.807, 2.05) is 13.0 Å². The summed E-state index contributed by atoms with van der Waals surface area (Å²) >= 11 is 6.69. The fourth-order valence-corrected chi connectivity index (χ4v) is 2.03. The summed E-state index contributed by atoms with van der Waals surface area (Å²) in [7, 11) is 0. The first-order valence-electron chi connectivity index (χ1n) is 4.14. The first kappa shape index (κ1) is 11.6. The van der Waals surface area contributed by atoms with Crippen molar-refractivity contribution in [3.05, 3.63) is 32.5 Å². The fraction of sp³-hybridized carbons (Fsp3) is 0.200. The van der Waals surface area contributed by atoms with Crippen molar-refractivity contribution in [1.29, 1.82) is 0 Å². The Morgan fingerprint density at radius 3 is 2.79 bits per heavy atom. The van der Waals surface area contributed by atoms with Crippen LogP contribution in [0, 0.1) is 0 Å². The number of hydrogen-bond acceptors (Lipinski definition) is 2. The zero-order valence-corrected chi connectivity index (χ0v) is 10.8. The summed E-state index contributed by atoms with van der Waals surface area (Å²) in [6.45, 7) is 1.94. The maximum atomic E-state index is 10.6. The summed E-state index contributed by atoms with van der Waals surface area (Å²) in [5, 5.41) is 0. The molecule has 2 nitrogen and oxygen atoms in total. The molecular formula is C10H9Br2NO. The van der Waals surface area contributed by atoms with Gasteiger partial charge >= 0.3 is 0 Å². The van der Waals surface area contributed by atoms with Crippen LogP contribution in [0.25, 0.3) is 6.08 Å². The smallest absolute Gasteiger partial charge is 0.146 e. The van der Waals surface area contributed by atoms with Crippen LogP contribution in [0.4, 0.5) is 0 Å². The van der Waals surface area contributed by atoms with E-state index in [1.54, 1.807) is 12.3 Å². The highest BCUT2D eigenvalue weighted by Crippen LogP contribution is 2.21. The van der Waals surface area contributed by atoms with Gasteiger partial charge in [0.1, 0.15) is 6.29 Å². The largest absolute Gasteiger partial charge is 0.298 e. The monoisotopic (exact) mass is 317 g/mol. The SMILES string of the molecule is CCC(C=O)=Cc1ncc(Br)cc1Br.